The number of rotatable bonds is 7. The van der Waals surface area contributed by atoms with Gasteiger partial charge in [0.15, 0.2) is 5.78 Å². The second-order valence-corrected chi connectivity index (χ2v) is 9.97. The van der Waals surface area contributed by atoms with Crippen molar-refractivity contribution in [1.82, 2.24) is 19.9 Å². The molecule has 10 heteroatoms. The number of aromatic carboxylic acids is 1. The third kappa shape index (κ3) is 5.04. The van der Waals surface area contributed by atoms with Crippen LogP contribution in [0.5, 0.6) is 11.5 Å². The molecule has 0 saturated heterocycles. The molecule has 2 aromatic carbocycles. The molecule has 41 heavy (non-hydrogen) atoms. The number of hydrogen-bond acceptors (Lipinski definition) is 9. The lowest BCUT2D eigenvalue weighted by molar-refractivity contribution is 0.0695. The summed E-state index contributed by atoms with van der Waals surface area (Å²) in [6.45, 7) is 11.0. The van der Waals surface area contributed by atoms with Crippen LogP contribution in [0.25, 0.3) is 0 Å². The first kappa shape index (κ1) is 27.6. The second-order valence-electron chi connectivity index (χ2n) is 9.97. The number of carboxylic acids is 1. The maximum atomic E-state index is 14.0. The number of aryl methyl sites for hydroxylation is 6. The van der Waals surface area contributed by atoms with Gasteiger partial charge < -0.3 is 14.6 Å². The van der Waals surface area contributed by atoms with Gasteiger partial charge >= 0.3 is 5.97 Å². The highest BCUT2D eigenvalue weighted by Gasteiger charge is 2.36. The highest BCUT2D eigenvalue weighted by Crippen LogP contribution is 2.38. The number of ether oxygens (including phenoxy) is 2. The van der Waals surface area contributed by atoms with Crippen LogP contribution < -0.4 is 9.47 Å². The molecule has 5 rings (SSSR count). The van der Waals surface area contributed by atoms with E-state index in [0.717, 1.165) is 22.8 Å². The number of nitrogens with zero attached hydrogens (tertiary/aromatic N) is 4. The molecule has 0 radical (unpaired) electrons. The smallest absolute Gasteiger partial charge is 0.335 e. The zero-order chi connectivity index (χ0) is 29.6. The van der Waals surface area contributed by atoms with Crippen molar-refractivity contribution in [3.05, 3.63) is 104 Å². The fourth-order valence-electron chi connectivity index (χ4n) is 4.70. The number of carbonyl (C=O) groups is 3. The van der Waals surface area contributed by atoms with Crippen molar-refractivity contribution in [1.29, 1.82) is 0 Å². The number of fused-ring (bicyclic) bond motifs is 2. The Morgan fingerprint density at radius 1 is 0.659 bits per heavy atom. The van der Waals surface area contributed by atoms with Crippen LogP contribution in [0.4, 0.5) is 0 Å². The number of ketones is 2. The molecule has 4 aromatic rings. The summed E-state index contributed by atoms with van der Waals surface area (Å²) in [5, 5.41) is 9.73. The Bertz CT molecular complexity index is 1780. The van der Waals surface area contributed by atoms with Gasteiger partial charge in [0.25, 0.3) is 0 Å². The minimum Gasteiger partial charge on any atom is -0.486 e. The normalized spacial score (nSPS) is 12.1. The summed E-state index contributed by atoms with van der Waals surface area (Å²) in [6, 6.07) is 7.20. The average Bonchev–Trinajstić information content (AvgIpc) is 2.93. The summed E-state index contributed by atoms with van der Waals surface area (Å²) in [5.74, 6) is -2.10. The van der Waals surface area contributed by atoms with Crippen molar-refractivity contribution in [3.8, 4) is 11.5 Å². The van der Waals surface area contributed by atoms with Gasteiger partial charge in [-0.15, -0.1) is 0 Å². The first-order valence-corrected chi connectivity index (χ1v) is 13.0. The van der Waals surface area contributed by atoms with Crippen LogP contribution in [0.1, 0.15) is 87.8 Å². The van der Waals surface area contributed by atoms with E-state index in [4.69, 9.17) is 9.47 Å². The number of hydrogen-bond donors (Lipinski definition) is 1. The third-order valence-corrected chi connectivity index (χ3v) is 7.21. The molecule has 208 valence electrons. The molecule has 0 spiro atoms. The van der Waals surface area contributed by atoms with E-state index in [1.807, 2.05) is 34.6 Å². The first-order chi connectivity index (χ1) is 19.5. The lowest BCUT2D eigenvalue weighted by Gasteiger charge is -2.23. The first-order valence-electron chi connectivity index (χ1n) is 13.0. The SMILES string of the molecule is Cc1nc(C)c(COc2cccc3c2C(=O)c2c(OCc4nc(C)c(C)nc4C)cc(C(=O)O)cc2C3=O)nc1C. The van der Waals surface area contributed by atoms with E-state index in [1.54, 1.807) is 19.1 Å². The fourth-order valence-corrected chi connectivity index (χ4v) is 4.70. The Hall–Kier alpha value is -4.99. The summed E-state index contributed by atoms with van der Waals surface area (Å²) in [7, 11) is 0. The molecule has 0 bridgehead atoms. The van der Waals surface area contributed by atoms with E-state index < -0.39 is 17.5 Å². The molecule has 0 amide bonds. The van der Waals surface area contributed by atoms with Gasteiger partial charge in [0.1, 0.15) is 24.7 Å². The molecule has 2 aromatic heterocycles. The number of carbonyl (C=O) groups excluding carboxylic acids is 2. The minimum absolute atomic E-state index is 0.0276. The number of carboxylic acid groups (broad SMARTS) is 1. The lowest BCUT2D eigenvalue weighted by atomic mass is 9.82. The van der Waals surface area contributed by atoms with E-state index in [9.17, 15) is 19.5 Å². The maximum Gasteiger partial charge on any atom is 0.335 e. The Labute approximate surface area is 236 Å². The van der Waals surface area contributed by atoms with Crippen molar-refractivity contribution in [2.75, 3.05) is 0 Å². The van der Waals surface area contributed by atoms with Crippen molar-refractivity contribution < 1.29 is 29.0 Å². The van der Waals surface area contributed by atoms with Crippen LogP contribution in [-0.4, -0.2) is 42.6 Å². The fraction of sp³-hybridized carbons (Fsp3) is 0.258. The van der Waals surface area contributed by atoms with Gasteiger partial charge in [-0.3, -0.25) is 29.5 Å². The topological polar surface area (TPSA) is 141 Å². The van der Waals surface area contributed by atoms with Crippen molar-refractivity contribution >= 4 is 17.5 Å². The summed E-state index contributed by atoms with van der Waals surface area (Å²) in [6.07, 6.45) is 0. The van der Waals surface area contributed by atoms with E-state index >= 15 is 0 Å². The monoisotopic (exact) mass is 552 g/mol. The minimum atomic E-state index is -1.26. The number of aromatic nitrogens is 4. The van der Waals surface area contributed by atoms with Gasteiger partial charge in [-0.25, -0.2) is 4.79 Å². The summed E-state index contributed by atoms with van der Waals surface area (Å²) >= 11 is 0. The Morgan fingerprint density at radius 3 is 1.73 bits per heavy atom. The lowest BCUT2D eigenvalue weighted by Crippen LogP contribution is -2.24. The zero-order valence-corrected chi connectivity index (χ0v) is 23.6. The van der Waals surface area contributed by atoms with E-state index in [-0.39, 0.29) is 52.5 Å². The van der Waals surface area contributed by atoms with E-state index in [1.165, 1.54) is 18.2 Å². The molecule has 0 fully saturated rings. The molecule has 0 aliphatic heterocycles. The average molecular weight is 553 g/mol. The molecule has 10 nitrogen and oxygen atoms in total. The molecule has 2 heterocycles. The summed E-state index contributed by atoms with van der Waals surface area (Å²) < 4.78 is 12.0. The van der Waals surface area contributed by atoms with Crippen LogP contribution in [0.3, 0.4) is 0 Å². The Morgan fingerprint density at radius 2 is 1.17 bits per heavy atom. The highest BCUT2D eigenvalue weighted by atomic mass is 16.5. The Kier molecular flexibility index (Phi) is 7.08. The molecule has 0 atom stereocenters. The zero-order valence-electron chi connectivity index (χ0n) is 23.6. The third-order valence-electron chi connectivity index (χ3n) is 7.21. The van der Waals surface area contributed by atoms with Crippen LogP contribution >= 0.6 is 0 Å². The van der Waals surface area contributed by atoms with Crippen LogP contribution in [0.2, 0.25) is 0 Å². The van der Waals surface area contributed by atoms with Crippen LogP contribution in [0.15, 0.2) is 30.3 Å². The van der Waals surface area contributed by atoms with Crippen molar-refractivity contribution in [2.24, 2.45) is 0 Å². The van der Waals surface area contributed by atoms with Gasteiger partial charge in [0, 0.05) is 11.1 Å². The molecular formula is C31H28N4O6. The molecule has 1 aliphatic carbocycles. The van der Waals surface area contributed by atoms with Gasteiger partial charge in [0.05, 0.1) is 62.2 Å². The van der Waals surface area contributed by atoms with E-state index in [0.29, 0.717) is 22.8 Å². The van der Waals surface area contributed by atoms with Crippen LogP contribution in [-0.2, 0) is 13.2 Å². The largest absolute Gasteiger partial charge is 0.486 e. The predicted molar refractivity (Wildman–Crippen MR) is 148 cm³/mol. The van der Waals surface area contributed by atoms with Crippen molar-refractivity contribution in [2.45, 2.75) is 54.8 Å². The van der Waals surface area contributed by atoms with Gasteiger partial charge in [-0.05, 0) is 59.7 Å². The molecule has 0 unspecified atom stereocenters. The second kappa shape index (κ2) is 10.5. The standard InChI is InChI=1S/C31H28N4O6/c1-14-16(3)34-23(18(5)32-14)12-40-25-9-7-8-21-27(25)30(37)28-22(29(21)36)10-20(31(38)39)11-26(28)41-13-24-19(6)33-15(2)17(4)35-24/h7-11H,12-13H2,1-6H3,(H,38,39). The highest BCUT2D eigenvalue weighted by molar-refractivity contribution is 6.30. The molecule has 1 N–H and O–H groups in total. The summed E-state index contributed by atoms with van der Waals surface area (Å²) in [5.41, 5.74) is 5.52. The quantitative estimate of drug-likeness (QED) is 0.301. The molecule has 0 saturated carbocycles. The van der Waals surface area contributed by atoms with E-state index in [2.05, 4.69) is 19.9 Å². The van der Waals surface area contributed by atoms with Crippen LogP contribution in [0, 0.1) is 41.5 Å². The maximum absolute atomic E-state index is 14.0. The van der Waals surface area contributed by atoms with Crippen molar-refractivity contribution in [3.63, 3.8) is 0 Å². The number of benzene rings is 2. The van der Waals surface area contributed by atoms with Gasteiger partial charge in [-0.2, -0.15) is 0 Å². The predicted octanol–water partition coefficient (Wildman–Crippen LogP) is 4.75. The molecular weight excluding hydrogens is 524 g/mol. The summed E-state index contributed by atoms with van der Waals surface area (Å²) in [4.78, 5) is 57.6. The molecule has 1 aliphatic rings. The van der Waals surface area contributed by atoms with Gasteiger partial charge in [-0.1, -0.05) is 12.1 Å². The Balaban J connectivity index is 1.55. The van der Waals surface area contributed by atoms with Gasteiger partial charge in [0.2, 0.25) is 5.78 Å².